The molecule has 0 radical (unpaired) electrons. The van der Waals surface area contributed by atoms with Crippen LogP contribution in [0.2, 0.25) is 0 Å². The van der Waals surface area contributed by atoms with Crippen LogP contribution in [0.5, 0.6) is 0 Å². The van der Waals surface area contributed by atoms with E-state index in [0.717, 1.165) is 33.8 Å². The van der Waals surface area contributed by atoms with E-state index in [9.17, 15) is 0 Å². The summed E-state index contributed by atoms with van der Waals surface area (Å²) in [6, 6.07) is 21.8. The van der Waals surface area contributed by atoms with Crippen molar-refractivity contribution in [3.63, 3.8) is 0 Å². The Bertz CT molecular complexity index is 942. The van der Waals surface area contributed by atoms with E-state index >= 15 is 0 Å². The van der Waals surface area contributed by atoms with E-state index in [1.54, 1.807) is 6.20 Å². The van der Waals surface area contributed by atoms with Crippen molar-refractivity contribution in [2.75, 3.05) is 5.73 Å². The van der Waals surface area contributed by atoms with Crippen LogP contribution < -0.4 is 5.73 Å². The topological polar surface area (TPSA) is 56.2 Å². The molecule has 2 heterocycles. The van der Waals surface area contributed by atoms with E-state index in [1.165, 1.54) is 0 Å². The SMILES string of the molecule is Nc1cccc(-c2ccnc3cc(-c4ccccc4)nn23)c1. The molecule has 0 aliphatic heterocycles. The molecule has 4 rings (SSSR count). The molecule has 2 N–H and O–H groups in total. The number of fused-ring (bicyclic) bond motifs is 1. The molecule has 2 aromatic heterocycles. The van der Waals surface area contributed by atoms with Crippen LogP contribution in [0.3, 0.4) is 0 Å². The largest absolute Gasteiger partial charge is 0.399 e. The van der Waals surface area contributed by atoms with Crippen LogP contribution >= 0.6 is 0 Å². The van der Waals surface area contributed by atoms with Crippen LogP contribution in [0.25, 0.3) is 28.2 Å². The molecule has 2 aromatic carbocycles. The average molecular weight is 286 g/mol. The zero-order chi connectivity index (χ0) is 14.9. The predicted molar refractivity (Wildman–Crippen MR) is 88.3 cm³/mol. The molecule has 0 unspecified atom stereocenters. The molecule has 4 aromatic rings. The lowest BCUT2D eigenvalue weighted by Gasteiger charge is -2.05. The number of hydrogen-bond acceptors (Lipinski definition) is 3. The second-order valence-corrected chi connectivity index (χ2v) is 5.12. The first-order valence-electron chi connectivity index (χ1n) is 7.07. The molecule has 0 amide bonds. The minimum atomic E-state index is 0.734. The van der Waals surface area contributed by atoms with Crippen LogP contribution in [0.4, 0.5) is 5.69 Å². The fraction of sp³-hybridized carbons (Fsp3) is 0. The molecule has 0 saturated carbocycles. The molecule has 4 heteroatoms. The zero-order valence-corrected chi connectivity index (χ0v) is 11.8. The molecular weight excluding hydrogens is 272 g/mol. The van der Waals surface area contributed by atoms with Gasteiger partial charge < -0.3 is 5.73 Å². The smallest absolute Gasteiger partial charge is 0.156 e. The molecule has 0 aliphatic rings. The van der Waals surface area contributed by atoms with Gasteiger partial charge in [0.05, 0.1) is 11.4 Å². The van der Waals surface area contributed by atoms with Gasteiger partial charge in [0.1, 0.15) is 0 Å². The van der Waals surface area contributed by atoms with Gasteiger partial charge in [0, 0.05) is 29.1 Å². The van der Waals surface area contributed by atoms with Crippen LogP contribution in [0.15, 0.2) is 72.9 Å². The summed E-state index contributed by atoms with van der Waals surface area (Å²) in [5.41, 5.74) is 11.4. The summed E-state index contributed by atoms with van der Waals surface area (Å²) >= 11 is 0. The maximum atomic E-state index is 5.89. The van der Waals surface area contributed by atoms with Crippen molar-refractivity contribution >= 4 is 11.3 Å². The molecular formula is C18H14N4. The molecule has 4 nitrogen and oxygen atoms in total. The van der Waals surface area contributed by atoms with Gasteiger partial charge in [0.25, 0.3) is 0 Å². The third-order valence-electron chi connectivity index (χ3n) is 3.61. The van der Waals surface area contributed by atoms with E-state index in [2.05, 4.69) is 4.98 Å². The van der Waals surface area contributed by atoms with Gasteiger partial charge in [-0.15, -0.1) is 0 Å². The lowest BCUT2D eigenvalue weighted by atomic mass is 10.1. The predicted octanol–water partition coefficient (Wildman–Crippen LogP) is 3.65. The quantitative estimate of drug-likeness (QED) is 0.572. The number of benzene rings is 2. The van der Waals surface area contributed by atoms with Crippen molar-refractivity contribution in [1.29, 1.82) is 0 Å². The molecule has 0 bridgehead atoms. The van der Waals surface area contributed by atoms with Gasteiger partial charge in [0.15, 0.2) is 5.65 Å². The van der Waals surface area contributed by atoms with Gasteiger partial charge in [-0.2, -0.15) is 5.10 Å². The Labute approximate surface area is 127 Å². The maximum absolute atomic E-state index is 5.89. The van der Waals surface area contributed by atoms with Crippen molar-refractivity contribution < 1.29 is 0 Å². The highest BCUT2D eigenvalue weighted by atomic mass is 15.3. The van der Waals surface area contributed by atoms with Crippen LogP contribution in [-0.2, 0) is 0 Å². The third kappa shape index (κ3) is 2.11. The highest BCUT2D eigenvalue weighted by Gasteiger charge is 2.09. The fourth-order valence-corrected chi connectivity index (χ4v) is 2.56. The van der Waals surface area contributed by atoms with Crippen molar-refractivity contribution in [3.05, 3.63) is 72.9 Å². The summed E-state index contributed by atoms with van der Waals surface area (Å²) < 4.78 is 1.86. The van der Waals surface area contributed by atoms with Gasteiger partial charge in [0.2, 0.25) is 0 Å². The fourth-order valence-electron chi connectivity index (χ4n) is 2.56. The Kier molecular flexibility index (Phi) is 2.86. The number of nitrogens with two attached hydrogens (primary N) is 1. The van der Waals surface area contributed by atoms with E-state index in [1.807, 2.05) is 71.2 Å². The summed E-state index contributed by atoms with van der Waals surface area (Å²) in [4.78, 5) is 4.41. The number of anilines is 1. The van der Waals surface area contributed by atoms with Crippen molar-refractivity contribution in [2.24, 2.45) is 0 Å². The Hall–Kier alpha value is -3.14. The molecule has 0 saturated heterocycles. The number of nitrogen functional groups attached to an aromatic ring is 1. The Morgan fingerprint density at radius 1 is 0.818 bits per heavy atom. The van der Waals surface area contributed by atoms with Gasteiger partial charge in [-0.25, -0.2) is 9.50 Å². The second-order valence-electron chi connectivity index (χ2n) is 5.12. The van der Waals surface area contributed by atoms with Crippen molar-refractivity contribution in [1.82, 2.24) is 14.6 Å². The van der Waals surface area contributed by atoms with Gasteiger partial charge >= 0.3 is 0 Å². The van der Waals surface area contributed by atoms with Crippen LogP contribution in [0, 0.1) is 0 Å². The second kappa shape index (κ2) is 5.00. The first-order valence-corrected chi connectivity index (χ1v) is 7.07. The number of aromatic nitrogens is 3. The average Bonchev–Trinajstić information content (AvgIpc) is 3.00. The number of nitrogens with zero attached hydrogens (tertiary/aromatic N) is 3. The summed E-state index contributed by atoms with van der Waals surface area (Å²) in [6.07, 6.45) is 1.80. The molecule has 22 heavy (non-hydrogen) atoms. The summed E-state index contributed by atoms with van der Waals surface area (Å²) in [7, 11) is 0. The van der Waals surface area contributed by atoms with Crippen molar-refractivity contribution in [2.45, 2.75) is 0 Å². The highest BCUT2D eigenvalue weighted by Crippen LogP contribution is 2.24. The van der Waals surface area contributed by atoms with Gasteiger partial charge in [-0.05, 0) is 18.2 Å². The minimum absolute atomic E-state index is 0.734. The van der Waals surface area contributed by atoms with E-state index < -0.39 is 0 Å². The zero-order valence-electron chi connectivity index (χ0n) is 11.8. The number of hydrogen-bond donors (Lipinski definition) is 1. The summed E-state index contributed by atoms with van der Waals surface area (Å²) in [5.74, 6) is 0. The first kappa shape index (κ1) is 12.6. The molecule has 0 fully saturated rings. The van der Waals surface area contributed by atoms with Crippen LogP contribution in [0.1, 0.15) is 0 Å². The maximum Gasteiger partial charge on any atom is 0.156 e. The first-order chi connectivity index (χ1) is 10.8. The Morgan fingerprint density at radius 3 is 2.45 bits per heavy atom. The Balaban J connectivity index is 1.92. The van der Waals surface area contributed by atoms with E-state index in [4.69, 9.17) is 10.8 Å². The lowest BCUT2D eigenvalue weighted by molar-refractivity contribution is 0.952. The molecule has 0 spiro atoms. The normalized spacial score (nSPS) is 10.9. The van der Waals surface area contributed by atoms with Crippen LogP contribution in [-0.4, -0.2) is 14.6 Å². The highest BCUT2D eigenvalue weighted by molar-refractivity contribution is 5.69. The van der Waals surface area contributed by atoms with E-state index in [0.29, 0.717) is 0 Å². The lowest BCUT2D eigenvalue weighted by Crippen LogP contribution is -1.96. The molecule has 0 atom stereocenters. The third-order valence-corrected chi connectivity index (χ3v) is 3.61. The summed E-state index contributed by atoms with van der Waals surface area (Å²) in [5, 5.41) is 4.70. The number of rotatable bonds is 2. The molecule has 0 aliphatic carbocycles. The van der Waals surface area contributed by atoms with Gasteiger partial charge in [-0.3, -0.25) is 0 Å². The van der Waals surface area contributed by atoms with Crippen molar-refractivity contribution in [3.8, 4) is 22.5 Å². The van der Waals surface area contributed by atoms with Gasteiger partial charge in [-0.1, -0.05) is 42.5 Å². The monoisotopic (exact) mass is 286 g/mol. The standard InChI is InChI=1S/C18H14N4/c19-15-8-4-7-14(11-15)17-9-10-20-18-12-16(21-22(17)18)13-5-2-1-3-6-13/h1-12H,19H2. The van der Waals surface area contributed by atoms with E-state index in [-0.39, 0.29) is 0 Å². The summed E-state index contributed by atoms with van der Waals surface area (Å²) in [6.45, 7) is 0. The minimum Gasteiger partial charge on any atom is -0.399 e. The Morgan fingerprint density at radius 2 is 1.64 bits per heavy atom. The molecule has 106 valence electrons.